The molecule has 4 aromatic heterocycles. The molecule has 4 saturated heterocycles. The predicted molar refractivity (Wildman–Crippen MR) is 363 cm³/mol. The minimum absolute atomic E-state index is 0. The molecule has 91 heavy (non-hydrogen) atoms. The van der Waals surface area contributed by atoms with Crippen LogP contribution in [0.1, 0.15) is 177 Å². The summed E-state index contributed by atoms with van der Waals surface area (Å²) < 4.78 is 37.9. The highest BCUT2D eigenvalue weighted by Crippen LogP contribution is 2.42. The van der Waals surface area contributed by atoms with Gasteiger partial charge in [0.25, 0.3) is 0 Å². The molecule has 4 aliphatic heterocycles. The standard InChI is InChI=1S/C45H61N7O5Si.C24H34BN3O4.CH4/c1-29-27-50(28-55-23-24-58(8,9)10)39-33(35-26-47-41(49-35)37-14-12-22-52(37)43(54)57-45(5,6)7)20-19-32(38(29)39)30-15-17-31(18-16-30)34-25-46-40(48-34)36-13-11-21-51(36)42(53)56-44(2,3)4;1-22(2,3)30-21(29)28-14-8-9-19(28)20-26-15-18(27-20)16-10-12-17(13-11-16)25-31-23(4,5)24(6,7)32-25;/h15-20,25-27,36-37H,11-14,21-24,28H2,1-10H3,(H,46,48)(H,47,49);10-13,15,19H,8-9,14H2,1-7H3,(H,26,27);1H4/t36-,37-;19-;/m00./s1. The number of H-pyrrole nitrogens is 3. The number of carbonyl (C=O) groups is 3. The van der Waals surface area contributed by atoms with E-state index in [9.17, 15) is 14.4 Å². The van der Waals surface area contributed by atoms with Crippen LogP contribution in [0.15, 0.2) is 85.5 Å². The first-order chi connectivity index (χ1) is 42.2. The van der Waals surface area contributed by atoms with Crippen molar-refractivity contribution in [1.82, 2.24) is 49.2 Å². The van der Waals surface area contributed by atoms with E-state index < -0.39 is 24.9 Å². The summed E-state index contributed by atoms with van der Waals surface area (Å²) in [6.45, 7) is 37.6. The fourth-order valence-electron chi connectivity index (χ4n) is 12.1. The first-order valence-electron chi connectivity index (χ1n) is 32.1. The number of hydrogen-bond acceptors (Lipinski definition) is 12. The summed E-state index contributed by atoms with van der Waals surface area (Å²) >= 11 is 0. The second-order valence-corrected chi connectivity index (χ2v) is 35.5. The zero-order valence-corrected chi connectivity index (χ0v) is 57.2. The number of nitrogens with one attached hydrogen (secondary N) is 3. The van der Waals surface area contributed by atoms with Crippen molar-refractivity contribution in [2.75, 3.05) is 26.2 Å². The molecule has 21 heteroatoms. The van der Waals surface area contributed by atoms with E-state index in [1.54, 1.807) is 14.7 Å². The molecule has 7 aromatic rings. The molecule has 3 aromatic carbocycles. The second kappa shape index (κ2) is 26.4. The highest BCUT2D eigenvalue weighted by Gasteiger charge is 2.52. The van der Waals surface area contributed by atoms with Crippen molar-refractivity contribution in [3.05, 3.63) is 108 Å². The number of hydrogen-bond donors (Lipinski definition) is 3. The lowest BCUT2D eigenvalue weighted by Crippen LogP contribution is -2.41. The number of aryl methyl sites for hydroxylation is 1. The quantitative estimate of drug-likeness (QED) is 0.0560. The number of benzene rings is 3. The van der Waals surface area contributed by atoms with Crippen LogP contribution in [0.3, 0.4) is 0 Å². The molecular formula is C70H99BN10O9Si. The van der Waals surface area contributed by atoms with Crippen LogP contribution in [0.5, 0.6) is 0 Å². The summed E-state index contributed by atoms with van der Waals surface area (Å²) in [6.07, 6.45) is 12.1. The van der Waals surface area contributed by atoms with E-state index in [0.717, 1.165) is 135 Å². The van der Waals surface area contributed by atoms with Gasteiger partial charge in [0.15, 0.2) is 0 Å². The monoisotopic (exact) mass is 1260 g/mol. The van der Waals surface area contributed by atoms with Crippen LogP contribution in [-0.4, -0.2) is 137 Å². The number of aromatic amines is 3. The van der Waals surface area contributed by atoms with Gasteiger partial charge in [-0.15, -0.1) is 0 Å². The van der Waals surface area contributed by atoms with Crippen LogP contribution >= 0.6 is 0 Å². The van der Waals surface area contributed by atoms with Gasteiger partial charge < -0.3 is 47.8 Å². The van der Waals surface area contributed by atoms with Gasteiger partial charge in [-0.3, -0.25) is 14.7 Å². The van der Waals surface area contributed by atoms with Gasteiger partial charge in [0.2, 0.25) is 0 Å². The van der Waals surface area contributed by atoms with Crippen LogP contribution in [0.25, 0.3) is 55.8 Å². The molecule has 490 valence electrons. The van der Waals surface area contributed by atoms with E-state index in [2.05, 4.69) is 121 Å². The molecule has 19 nitrogen and oxygen atoms in total. The lowest BCUT2D eigenvalue weighted by atomic mass is 9.79. The summed E-state index contributed by atoms with van der Waals surface area (Å²) in [5.74, 6) is 2.33. The fourth-order valence-corrected chi connectivity index (χ4v) is 12.9. The van der Waals surface area contributed by atoms with Crippen molar-refractivity contribution in [2.45, 2.75) is 221 Å². The van der Waals surface area contributed by atoms with Crippen molar-refractivity contribution in [1.29, 1.82) is 0 Å². The molecule has 11 rings (SSSR count). The Bertz CT molecular complexity index is 3660. The van der Waals surface area contributed by atoms with Gasteiger partial charge in [-0.25, -0.2) is 29.3 Å². The van der Waals surface area contributed by atoms with E-state index in [0.29, 0.717) is 26.4 Å². The first kappa shape index (κ1) is 68.2. The highest BCUT2D eigenvalue weighted by molar-refractivity contribution is 6.76. The fraction of sp³-hybridized carbons (Fsp3) is 0.543. The number of imidazole rings is 3. The SMILES string of the molecule is C.CC(C)(C)OC(=O)N1CCC[C@H]1c1ncc(-c2ccc(B3OC(C)(C)C(C)(C)O3)cc2)[nH]1.Cc1cn(COCC[Si](C)(C)C)c2c(-c3cnc([C@@H]4CCCN4C(=O)OC(C)(C)C)[nH]3)ccc(-c3ccc(-c4cnc([C@@H]5CCCN5C(=O)OC(C)(C)C)[nH]4)cc3)c12. The third-order valence-corrected chi connectivity index (χ3v) is 19.1. The van der Waals surface area contributed by atoms with Gasteiger partial charge in [-0.05, 0) is 175 Å². The van der Waals surface area contributed by atoms with Crippen molar-refractivity contribution >= 4 is 49.8 Å². The summed E-state index contributed by atoms with van der Waals surface area (Å²) in [6, 6.07) is 21.7. The van der Waals surface area contributed by atoms with Crippen molar-refractivity contribution in [2.24, 2.45) is 0 Å². The number of fused-ring (bicyclic) bond motifs is 1. The first-order valence-corrected chi connectivity index (χ1v) is 35.8. The van der Waals surface area contributed by atoms with Crippen LogP contribution in [-0.2, 0) is 35.0 Å². The number of aromatic nitrogens is 7. The van der Waals surface area contributed by atoms with Crippen LogP contribution in [0.4, 0.5) is 14.4 Å². The number of amides is 3. The average Bonchev–Trinajstić information content (AvgIpc) is 1.64. The molecule has 4 fully saturated rings. The maximum Gasteiger partial charge on any atom is 0.494 e. The zero-order chi connectivity index (χ0) is 64.9. The molecule has 0 aliphatic carbocycles. The zero-order valence-electron chi connectivity index (χ0n) is 56.2. The number of rotatable bonds is 13. The van der Waals surface area contributed by atoms with Gasteiger partial charge in [-0.1, -0.05) is 87.7 Å². The predicted octanol–water partition coefficient (Wildman–Crippen LogP) is 15.9. The van der Waals surface area contributed by atoms with E-state index in [4.69, 9.17) is 38.2 Å². The van der Waals surface area contributed by atoms with Crippen LogP contribution < -0.4 is 5.46 Å². The Morgan fingerprint density at radius 1 is 0.582 bits per heavy atom. The van der Waals surface area contributed by atoms with Gasteiger partial charge in [0.1, 0.15) is 41.0 Å². The lowest BCUT2D eigenvalue weighted by molar-refractivity contribution is 0.00578. The molecule has 3 atom stereocenters. The summed E-state index contributed by atoms with van der Waals surface area (Å²) in [4.78, 5) is 68.8. The van der Waals surface area contributed by atoms with E-state index in [1.165, 1.54) is 0 Å². The number of ether oxygens (including phenoxy) is 4. The maximum absolute atomic E-state index is 13.2. The third-order valence-electron chi connectivity index (χ3n) is 17.4. The molecule has 0 unspecified atom stereocenters. The van der Waals surface area contributed by atoms with Gasteiger partial charge >= 0.3 is 25.4 Å². The third kappa shape index (κ3) is 15.8. The summed E-state index contributed by atoms with van der Waals surface area (Å²) in [7, 11) is -1.64. The molecule has 3 N–H and O–H groups in total. The molecule has 0 spiro atoms. The van der Waals surface area contributed by atoms with Crippen LogP contribution in [0.2, 0.25) is 25.7 Å². The highest BCUT2D eigenvalue weighted by atomic mass is 28.3. The Balaban J connectivity index is 0.000000251. The molecule has 3 amide bonds. The summed E-state index contributed by atoms with van der Waals surface area (Å²) in [5, 5.41) is 1.15. The molecule has 0 saturated carbocycles. The van der Waals surface area contributed by atoms with Crippen molar-refractivity contribution < 1.29 is 42.6 Å². The molecule has 0 radical (unpaired) electrons. The van der Waals surface area contributed by atoms with E-state index in [-0.39, 0.29) is 62.2 Å². The molecule has 0 bridgehead atoms. The Labute approximate surface area is 540 Å². The topological polar surface area (TPSA) is 207 Å². The normalized spacial score (nSPS) is 19.2. The van der Waals surface area contributed by atoms with Crippen LogP contribution in [0, 0.1) is 6.92 Å². The Morgan fingerprint density at radius 3 is 1.38 bits per heavy atom. The molecule has 8 heterocycles. The Kier molecular flexibility index (Phi) is 19.8. The smallest absolute Gasteiger partial charge is 0.444 e. The molecule has 4 aliphatic rings. The minimum atomic E-state index is -1.26. The average molecular weight is 1260 g/mol. The second-order valence-electron chi connectivity index (χ2n) is 29.8. The molecular weight excluding hydrogens is 1160 g/mol. The van der Waals surface area contributed by atoms with E-state index >= 15 is 0 Å². The van der Waals surface area contributed by atoms with E-state index in [1.807, 2.05) is 105 Å². The van der Waals surface area contributed by atoms with Crippen molar-refractivity contribution in [3.63, 3.8) is 0 Å². The Morgan fingerprint density at radius 2 is 0.967 bits per heavy atom. The van der Waals surface area contributed by atoms with Gasteiger partial charge in [-0.2, -0.15) is 0 Å². The number of nitrogens with zero attached hydrogens (tertiary/aromatic N) is 7. The van der Waals surface area contributed by atoms with Crippen molar-refractivity contribution in [3.8, 4) is 44.9 Å². The summed E-state index contributed by atoms with van der Waals surface area (Å²) in [5.41, 5.74) is 8.82. The minimum Gasteiger partial charge on any atom is -0.444 e. The van der Waals surface area contributed by atoms with Gasteiger partial charge in [0.05, 0.1) is 70.5 Å². The van der Waals surface area contributed by atoms with Gasteiger partial charge in [0, 0.05) is 51.5 Å². The number of carbonyl (C=O) groups excluding carboxylic acids is 3. The lowest BCUT2D eigenvalue weighted by Gasteiger charge is -2.32. The largest absolute Gasteiger partial charge is 0.494 e. The Hall–Kier alpha value is -7.20. The number of likely N-dealkylation sites (tertiary alicyclic amines) is 3. The maximum atomic E-state index is 13.2.